The molecule has 3 heteroatoms. The highest BCUT2D eigenvalue weighted by atomic mass is 16.3. The van der Waals surface area contributed by atoms with Gasteiger partial charge in [0.15, 0.2) is 0 Å². The number of aliphatic hydroxyl groups is 1. The van der Waals surface area contributed by atoms with E-state index >= 15 is 0 Å². The zero-order valence-electron chi connectivity index (χ0n) is 9.18. The fourth-order valence-electron chi connectivity index (χ4n) is 2.34. The van der Waals surface area contributed by atoms with E-state index in [1.54, 1.807) is 0 Å². The molecule has 1 fully saturated rings. The molecule has 2 N–H and O–H groups in total. The van der Waals surface area contributed by atoms with Crippen LogP contribution in [0, 0.1) is 5.92 Å². The van der Waals surface area contributed by atoms with Crippen LogP contribution >= 0.6 is 0 Å². The molecule has 0 aromatic heterocycles. The average molecular weight is 199 g/mol. The van der Waals surface area contributed by atoms with Crippen LogP contribution in [0.15, 0.2) is 0 Å². The third-order valence-electron chi connectivity index (χ3n) is 3.12. The summed E-state index contributed by atoms with van der Waals surface area (Å²) in [4.78, 5) is 11.3. The first-order valence-corrected chi connectivity index (χ1v) is 5.54. The molecule has 0 heterocycles. The summed E-state index contributed by atoms with van der Waals surface area (Å²) < 4.78 is 0. The van der Waals surface area contributed by atoms with E-state index in [-0.39, 0.29) is 18.1 Å². The number of hydrogen-bond acceptors (Lipinski definition) is 2. The Labute approximate surface area is 85.9 Å². The van der Waals surface area contributed by atoms with Gasteiger partial charge >= 0.3 is 0 Å². The van der Waals surface area contributed by atoms with Crippen LogP contribution in [0.3, 0.4) is 0 Å². The number of carbonyl (C=O) groups excluding carboxylic acids is 1. The normalized spacial score (nSPS) is 32.6. The van der Waals surface area contributed by atoms with Crippen LogP contribution in [0.5, 0.6) is 0 Å². The number of nitrogens with one attached hydrogen (secondary N) is 1. The maximum absolute atomic E-state index is 11.3. The summed E-state index contributed by atoms with van der Waals surface area (Å²) in [5.74, 6) is 0.654. The standard InChI is InChI=1S/C11H21NO2/c1-3-10(14)12-11(8-13)6-4-5-9(2)7-11/h9,13H,3-8H2,1-2H3,(H,12,14). The summed E-state index contributed by atoms with van der Waals surface area (Å²) >= 11 is 0. The van der Waals surface area contributed by atoms with E-state index in [1.807, 2.05) is 6.92 Å². The summed E-state index contributed by atoms with van der Waals surface area (Å²) in [7, 11) is 0. The molecule has 1 rings (SSSR count). The predicted octanol–water partition coefficient (Wildman–Crippen LogP) is 1.45. The second-order valence-electron chi connectivity index (χ2n) is 4.54. The molecule has 1 amide bonds. The van der Waals surface area contributed by atoms with E-state index in [9.17, 15) is 9.90 Å². The fraction of sp³-hybridized carbons (Fsp3) is 0.909. The van der Waals surface area contributed by atoms with Crippen LogP contribution in [-0.2, 0) is 4.79 Å². The minimum absolute atomic E-state index is 0.0492. The molecule has 82 valence electrons. The lowest BCUT2D eigenvalue weighted by Gasteiger charge is -2.39. The monoisotopic (exact) mass is 199 g/mol. The van der Waals surface area contributed by atoms with Crippen molar-refractivity contribution in [2.24, 2.45) is 5.92 Å². The molecular weight excluding hydrogens is 178 g/mol. The Hall–Kier alpha value is -0.570. The SMILES string of the molecule is CCC(=O)NC1(CO)CCCC(C)C1. The van der Waals surface area contributed by atoms with Gasteiger partial charge in [-0.15, -0.1) is 0 Å². The van der Waals surface area contributed by atoms with Gasteiger partial charge in [-0.1, -0.05) is 26.7 Å². The van der Waals surface area contributed by atoms with Crippen LogP contribution in [0.2, 0.25) is 0 Å². The van der Waals surface area contributed by atoms with Gasteiger partial charge in [0.1, 0.15) is 0 Å². The number of amides is 1. The molecule has 3 nitrogen and oxygen atoms in total. The maximum Gasteiger partial charge on any atom is 0.220 e. The zero-order chi connectivity index (χ0) is 10.6. The van der Waals surface area contributed by atoms with Gasteiger partial charge < -0.3 is 10.4 Å². The van der Waals surface area contributed by atoms with E-state index in [2.05, 4.69) is 12.2 Å². The molecule has 1 saturated carbocycles. The number of rotatable bonds is 3. The first-order chi connectivity index (χ1) is 6.62. The summed E-state index contributed by atoms with van der Waals surface area (Å²) in [5, 5.41) is 12.4. The molecule has 0 saturated heterocycles. The maximum atomic E-state index is 11.3. The quantitative estimate of drug-likeness (QED) is 0.723. The number of carbonyl (C=O) groups is 1. The lowest BCUT2D eigenvalue weighted by molar-refractivity contribution is -0.124. The van der Waals surface area contributed by atoms with E-state index in [4.69, 9.17) is 0 Å². The lowest BCUT2D eigenvalue weighted by atomic mass is 9.77. The third kappa shape index (κ3) is 2.71. The minimum Gasteiger partial charge on any atom is -0.394 e. The topological polar surface area (TPSA) is 49.3 Å². The molecule has 0 bridgehead atoms. The molecule has 0 aromatic carbocycles. The van der Waals surface area contributed by atoms with Crippen molar-refractivity contribution in [3.05, 3.63) is 0 Å². The third-order valence-corrected chi connectivity index (χ3v) is 3.12. The molecule has 14 heavy (non-hydrogen) atoms. The highest BCUT2D eigenvalue weighted by Gasteiger charge is 2.35. The Morgan fingerprint density at radius 2 is 2.36 bits per heavy atom. The molecule has 0 aromatic rings. The summed E-state index contributed by atoms with van der Waals surface area (Å²) in [5.41, 5.74) is -0.329. The first kappa shape index (κ1) is 11.5. The average Bonchev–Trinajstić information content (AvgIpc) is 2.17. The predicted molar refractivity (Wildman–Crippen MR) is 55.9 cm³/mol. The van der Waals surface area contributed by atoms with Crippen LogP contribution < -0.4 is 5.32 Å². The van der Waals surface area contributed by atoms with Crippen molar-refractivity contribution in [3.8, 4) is 0 Å². The number of hydrogen-bond donors (Lipinski definition) is 2. The van der Waals surface area contributed by atoms with Crippen LogP contribution in [-0.4, -0.2) is 23.2 Å². The van der Waals surface area contributed by atoms with Gasteiger partial charge in [0.25, 0.3) is 0 Å². The van der Waals surface area contributed by atoms with Gasteiger partial charge in [-0.25, -0.2) is 0 Å². The Kier molecular flexibility index (Phi) is 3.93. The van der Waals surface area contributed by atoms with Crippen LogP contribution in [0.25, 0.3) is 0 Å². The summed E-state index contributed by atoms with van der Waals surface area (Å²) in [6, 6.07) is 0. The van der Waals surface area contributed by atoms with E-state index < -0.39 is 0 Å². The van der Waals surface area contributed by atoms with Crippen molar-refractivity contribution in [3.63, 3.8) is 0 Å². The Morgan fingerprint density at radius 1 is 1.64 bits per heavy atom. The molecule has 1 aliphatic rings. The molecule has 0 spiro atoms. The van der Waals surface area contributed by atoms with Crippen molar-refractivity contribution >= 4 is 5.91 Å². The summed E-state index contributed by atoms with van der Waals surface area (Å²) in [6.45, 7) is 4.09. The van der Waals surface area contributed by atoms with E-state index in [1.165, 1.54) is 6.42 Å². The second-order valence-corrected chi connectivity index (χ2v) is 4.54. The van der Waals surface area contributed by atoms with Crippen molar-refractivity contribution in [2.75, 3.05) is 6.61 Å². The van der Waals surface area contributed by atoms with Crippen molar-refractivity contribution < 1.29 is 9.90 Å². The van der Waals surface area contributed by atoms with E-state index in [0.717, 1.165) is 19.3 Å². The van der Waals surface area contributed by atoms with Gasteiger partial charge in [-0.05, 0) is 18.8 Å². The molecule has 2 atom stereocenters. The minimum atomic E-state index is -0.329. The van der Waals surface area contributed by atoms with Crippen LogP contribution in [0.4, 0.5) is 0 Å². The van der Waals surface area contributed by atoms with Gasteiger partial charge in [-0.2, -0.15) is 0 Å². The highest BCUT2D eigenvalue weighted by molar-refractivity contribution is 5.76. The Bertz CT molecular complexity index is 205. The molecule has 0 radical (unpaired) electrons. The summed E-state index contributed by atoms with van der Waals surface area (Å²) in [6.07, 6.45) is 4.64. The Balaban J connectivity index is 2.60. The van der Waals surface area contributed by atoms with Crippen molar-refractivity contribution in [1.29, 1.82) is 0 Å². The number of aliphatic hydroxyl groups excluding tert-OH is 1. The highest BCUT2D eigenvalue weighted by Crippen LogP contribution is 2.31. The largest absolute Gasteiger partial charge is 0.394 e. The van der Waals surface area contributed by atoms with Crippen molar-refractivity contribution in [2.45, 2.75) is 51.5 Å². The fourth-order valence-corrected chi connectivity index (χ4v) is 2.34. The molecule has 0 aliphatic heterocycles. The lowest BCUT2D eigenvalue weighted by Crippen LogP contribution is -2.53. The van der Waals surface area contributed by atoms with Gasteiger partial charge in [0, 0.05) is 6.42 Å². The molecular formula is C11H21NO2. The van der Waals surface area contributed by atoms with Gasteiger partial charge in [0.2, 0.25) is 5.91 Å². The zero-order valence-corrected chi connectivity index (χ0v) is 9.18. The van der Waals surface area contributed by atoms with Gasteiger partial charge in [-0.3, -0.25) is 4.79 Å². The van der Waals surface area contributed by atoms with Crippen LogP contribution in [0.1, 0.15) is 46.0 Å². The smallest absolute Gasteiger partial charge is 0.220 e. The molecule has 2 unspecified atom stereocenters. The molecule has 1 aliphatic carbocycles. The van der Waals surface area contributed by atoms with Gasteiger partial charge in [0.05, 0.1) is 12.1 Å². The first-order valence-electron chi connectivity index (χ1n) is 5.54. The second kappa shape index (κ2) is 4.78. The Morgan fingerprint density at radius 3 is 2.86 bits per heavy atom. The van der Waals surface area contributed by atoms with Crippen molar-refractivity contribution in [1.82, 2.24) is 5.32 Å². The van der Waals surface area contributed by atoms with E-state index in [0.29, 0.717) is 12.3 Å².